The fourth-order valence-electron chi connectivity index (χ4n) is 6.06. The van der Waals surface area contributed by atoms with Crippen molar-refractivity contribution in [3.8, 4) is 17.6 Å². The summed E-state index contributed by atoms with van der Waals surface area (Å²) in [5.74, 6) is 1.36. The average molecular weight is 515 g/mol. The van der Waals surface area contributed by atoms with Crippen LogP contribution in [0, 0.1) is 25.2 Å². The quantitative estimate of drug-likeness (QED) is 0.442. The van der Waals surface area contributed by atoms with Crippen molar-refractivity contribution in [3.63, 3.8) is 0 Å². The number of ether oxygens (including phenoxy) is 3. The summed E-state index contributed by atoms with van der Waals surface area (Å²) in [5, 5.41) is 11.2. The van der Waals surface area contributed by atoms with Gasteiger partial charge in [0.1, 0.15) is 11.7 Å². The van der Waals surface area contributed by atoms with E-state index in [9.17, 15) is 10.1 Å². The lowest BCUT2D eigenvalue weighted by atomic mass is 10.1. The maximum atomic E-state index is 13.2. The van der Waals surface area contributed by atoms with E-state index < -0.39 is 0 Å². The largest absolute Gasteiger partial charge is 0.493 e. The summed E-state index contributed by atoms with van der Waals surface area (Å²) >= 11 is 0. The number of rotatable bonds is 6. The number of pyridine rings is 1. The molecule has 8 nitrogen and oxygen atoms in total. The highest BCUT2D eigenvalue weighted by atomic mass is 16.5. The van der Waals surface area contributed by atoms with Gasteiger partial charge in [0.25, 0.3) is 0 Å². The molecule has 1 unspecified atom stereocenters. The van der Waals surface area contributed by atoms with Crippen molar-refractivity contribution >= 4 is 23.0 Å². The molecular formula is C30H34N4O4. The molecule has 1 aliphatic carbocycles. The second-order valence-electron chi connectivity index (χ2n) is 10.1. The van der Waals surface area contributed by atoms with E-state index >= 15 is 0 Å². The number of hydrogen-bond donors (Lipinski definition) is 0. The first-order valence-corrected chi connectivity index (χ1v) is 13.1. The van der Waals surface area contributed by atoms with Crippen molar-refractivity contribution in [2.75, 3.05) is 34.5 Å². The van der Waals surface area contributed by atoms with Gasteiger partial charge in [-0.25, -0.2) is 4.98 Å². The zero-order valence-corrected chi connectivity index (χ0v) is 22.7. The van der Waals surface area contributed by atoms with Crippen LogP contribution < -0.4 is 9.47 Å². The van der Waals surface area contributed by atoms with Crippen molar-refractivity contribution in [3.05, 3.63) is 57.9 Å². The van der Waals surface area contributed by atoms with E-state index in [1.54, 1.807) is 31.3 Å². The van der Waals surface area contributed by atoms with E-state index in [1.165, 1.54) is 0 Å². The minimum Gasteiger partial charge on any atom is -0.493 e. The monoisotopic (exact) mass is 514 g/mol. The molecular weight excluding hydrogens is 480 g/mol. The number of methoxy groups -OCH3 is 2. The molecule has 2 aliphatic rings. The molecule has 2 aromatic heterocycles. The minimum atomic E-state index is -0.0864. The van der Waals surface area contributed by atoms with Gasteiger partial charge in [-0.15, -0.1) is 0 Å². The van der Waals surface area contributed by atoms with Gasteiger partial charge in [0.15, 0.2) is 11.5 Å². The Morgan fingerprint density at radius 1 is 1.21 bits per heavy atom. The van der Waals surface area contributed by atoms with Crippen molar-refractivity contribution in [2.24, 2.45) is 0 Å². The molecule has 38 heavy (non-hydrogen) atoms. The highest BCUT2D eigenvalue weighted by Crippen LogP contribution is 2.46. The molecule has 0 N–H and O–H groups in total. The zero-order valence-electron chi connectivity index (χ0n) is 22.7. The number of fused-ring (bicyclic) bond motifs is 2. The van der Waals surface area contributed by atoms with Crippen LogP contribution in [0.5, 0.6) is 11.5 Å². The number of benzene rings is 1. The third-order valence-electron chi connectivity index (χ3n) is 7.92. The average Bonchev–Trinajstić information content (AvgIpc) is 3.49. The van der Waals surface area contributed by atoms with Gasteiger partial charge in [0, 0.05) is 49.0 Å². The van der Waals surface area contributed by atoms with Gasteiger partial charge in [-0.3, -0.25) is 4.79 Å². The Kier molecular flexibility index (Phi) is 7.13. The molecule has 0 radical (unpaired) electrons. The van der Waals surface area contributed by atoms with Gasteiger partial charge < -0.3 is 23.7 Å². The summed E-state index contributed by atoms with van der Waals surface area (Å²) in [6.45, 7) is 5.31. The van der Waals surface area contributed by atoms with Crippen LogP contribution in [0.2, 0.25) is 0 Å². The normalized spacial score (nSPS) is 17.5. The Bertz CT molecular complexity index is 1460. The number of likely N-dealkylation sites (N-methyl/N-ethyl adjacent to an activating group) is 1. The van der Waals surface area contributed by atoms with E-state index in [0.717, 1.165) is 64.9 Å². The molecule has 1 fully saturated rings. The first-order chi connectivity index (χ1) is 18.4. The number of aromatic nitrogens is 2. The van der Waals surface area contributed by atoms with Gasteiger partial charge in [-0.05, 0) is 68.9 Å². The minimum absolute atomic E-state index is 0.0638. The number of nitriles is 1. The molecule has 1 aliphatic heterocycles. The predicted octanol–water partition coefficient (Wildman–Crippen LogP) is 4.73. The lowest BCUT2D eigenvalue weighted by molar-refractivity contribution is -0.128. The third kappa shape index (κ3) is 4.31. The molecule has 0 saturated carbocycles. The summed E-state index contributed by atoms with van der Waals surface area (Å²) in [7, 11) is 5.14. The molecule has 8 heteroatoms. The van der Waals surface area contributed by atoms with Crippen molar-refractivity contribution in [1.82, 2.24) is 14.5 Å². The fourth-order valence-corrected chi connectivity index (χ4v) is 6.06. The number of nitrogens with zero attached hydrogens (tertiary/aromatic N) is 4. The molecule has 3 aromatic rings. The zero-order chi connectivity index (χ0) is 27.0. The standard InChI is InChI=1S/C30H34N4O4/c1-18-16-19(2)32-30-28(18)23(17-31)25(9-11-27(35)33(3)20-12-14-38-15-13-20)34(30)24-8-6-22-21(24)7-10-26(36-4)29(22)37-5/h7,9-11,16,20,24H,6,8,12-15H2,1-5H3/b11-9+. The maximum absolute atomic E-state index is 13.2. The van der Waals surface area contributed by atoms with Crippen LogP contribution in [0.25, 0.3) is 17.1 Å². The highest BCUT2D eigenvalue weighted by Gasteiger charge is 2.33. The Balaban J connectivity index is 1.65. The van der Waals surface area contributed by atoms with E-state index in [4.69, 9.17) is 19.2 Å². The highest BCUT2D eigenvalue weighted by molar-refractivity contribution is 5.96. The molecule has 1 aromatic carbocycles. The Labute approximate surface area is 223 Å². The van der Waals surface area contributed by atoms with Gasteiger partial charge in [-0.1, -0.05) is 6.07 Å². The van der Waals surface area contributed by atoms with Crippen LogP contribution >= 0.6 is 0 Å². The molecule has 0 spiro atoms. The number of carbonyl (C=O) groups is 1. The molecule has 1 amide bonds. The maximum Gasteiger partial charge on any atom is 0.246 e. The first kappa shape index (κ1) is 25.8. The molecule has 1 saturated heterocycles. The molecule has 1 atom stereocenters. The smallest absolute Gasteiger partial charge is 0.246 e. The summed E-state index contributed by atoms with van der Waals surface area (Å²) in [6.07, 6.45) is 6.67. The second kappa shape index (κ2) is 10.5. The molecule has 0 bridgehead atoms. The van der Waals surface area contributed by atoms with Crippen molar-refractivity contribution in [1.29, 1.82) is 5.26 Å². The lowest BCUT2D eigenvalue weighted by Crippen LogP contribution is -2.39. The van der Waals surface area contributed by atoms with E-state index in [1.807, 2.05) is 33.0 Å². The van der Waals surface area contributed by atoms with Crippen LogP contribution in [-0.4, -0.2) is 60.9 Å². The number of carbonyl (C=O) groups excluding carboxylic acids is 1. The number of amides is 1. The summed E-state index contributed by atoms with van der Waals surface area (Å²) in [4.78, 5) is 19.9. The summed E-state index contributed by atoms with van der Waals surface area (Å²) < 4.78 is 18.9. The van der Waals surface area contributed by atoms with Gasteiger partial charge in [0.05, 0.1) is 31.5 Å². The predicted molar refractivity (Wildman–Crippen MR) is 146 cm³/mol. The molecule has 198 valence electrons. The topological polar surface area (TPSA) is 89.6 Å². The third-order valence-corrected chi connectivity index (χ3v) is 7.92. The van der Waals surface area contributed by atoms with Crippen LogP contribution in [0.3, 0.4) is 0 Å². The van der Waals surface area contributed by atoms with Crippen LogP contribution in [0.4, 0.5) is 0 Å². The van der Waals surface area contributed by atoms with Gasteiger partial charge >= 0.3 is 0 Å². The van der Waals surface area contributed by atoms with Gasteiger partial charge in [0.2, 0.25) is 5.91 Å². The Morgan fingerprint density at radius 2 is 1.97 bits per heavy atom. The fraction of sp³-hybridized carbons (Fsp3) is 0.433. The SMILES string of the molecule is COc1ccc2c(c1OC)CCC2n1c(/C=C/C(=O)N(C)C2CCOCC2)c(C#N)c2c(C)cc(C)nc21. The van der Waals surface area contributed by atoms with Crippen molar-refractivity contribution < 1.29 is 19.0 Å². The summed E-state index contributed by atoms with van der Waals surface area (Å²) in [6, 6.07) is 8.52. The van der Waals surface area contributed by atoms with Gasteiger partial charge in [-0.2, -0.15) is 5.26 Å². The molecule has 5 rings (SSSR count). The van der Waals surface area contributed by atoms with E-state index in [0.29, 0.717) is 30.2 Å². The first-order valence-electron chi connectivity index (χ1n) is 13.1. The Morgan fingerprint density at radius 3 is 2.66 bits per heavy atom. The number of hydrogen-bond acceptors (Lipinski definition) is 6. The summed E-state index contributed by atoms with van der Waals surface area (Å²) in [5.41, 5.74) is 6.10. The van der Waals surface area contributed by atoms with E-state index in [-0.39, 0.29) is 18.0 Å². The van der Waals surface area contributed by atoms with Crippen LogP contribution in [0.1, 0.15) is 58.9 Å². The lowest BCUT2D eigenvalue weighted by Gasteiger charge is -2.30. The van der Waals surface area contributed by atoms with E-state index in [2.05, 4.69) is 16.7 Å². The van der Waals surface area contributed by atoms with Crippen LogP contribution in [0.15, 0.2) is 24.3 Å². The number of aryl methyl sites for hydroxylation is 2. The van der Waals surface area contributed by atoms with Crippen molar-refractivity contribution in [2.45, 2.75) is 51.6 Å². The second-order valence-corrected chi connectivity index (χ2v) is 10.1. The van der Waals surface area contributed by atoms with Crippen LogP contribution in [-0.2, 0) is 16.0 Å². The Hall–Kier alpha value is -3.83. The molecule has 3 heterocycles.